The van der Waals surface area contributed by atoms with Crippen molar-refractivity contribution in [2.24, 2.45) is 0 Å². The Labute approximate surface area is 142 Å². The number of benzene rings is 1. The van der Waals surface area contributed by atoms with E-state index in [9.17, 15) is 13.5 Å². The van der Waals surface area contributed by atoms with Gasteiger partial charge in [-0.3, -0.25) is 0 Å². The second kappa shape index (κ2) is 6.64. The Morgan fingerprint density at radius 3 is 2.54 bits per heavy atom. The maximum atomic E-state index is 12.7. The lowest BCUT2D eigenvalue weighted by molar-refractivity contribution is 0.0256. The van der Waals surface area contributed by atoms with Gasteiger partial charge in [-0.2, -0.15) is 0 Å². The molecule has 0 amide bonds. The van der Waals surface area contributed by atoms with Gasteiger partial charge < -0.3 is 5.11 Å². The van der Waals surface area contributed by atoms with E-state index >= 15 is 0 Å². The summed E-state index contributed by atoms with van der Waals surface area (Å²) < 4.78 is 27.0. The maximum Gasteiger partial charge on any atom is 0.161 e. The van der Waals surface area contributed by atoms with Crippen LogP contribution < -0.4 is 0 Å². The van der Waals surface area contributed by atoms with Crippen LogP contribution in [-0.2, 0) is 9.84 Å². The molecule has 1 aromatic heterocycles. The summed E-state index contributed by atoms with van der Waals surface area (Å²) in [6.07, 6.45) is 5.56. The first-order valence-electron chi connectivity index (χ1n) is 8.31. The lowest BCUT2D eigenvalue weighted by Crippen LogP contribution is -2.40. The number of hydrogen-bond acceptors (Lipinski definition) is 5. The molecule has 0 bridgehead atoms. The summed E-state index contributed by atoms with van der Waals surface area (Å²) >= 11 is 0. The zero-order valence-electron chi connectivity index (χ0n) is 13.8. The quantitative estimate of drug-likeness (QED) is 0.896. The van der Waals surface area contributed by atoms with E-state index < -0.39 is 20.7 Å². The molecule has 24 heavy (non-hydrogen) atoms. The molecule has 1 N–H and O–H groups in total. The largest absolute Gasteiger partial charge is 0.389 e. The van der Waals surface area contributed by atoms with Crippen LogP contribution in [0, 0.1) is 0 Å². The SMILES string of the molecule is CC(c1cn(-c2ccccc2)nn1)S(=O)(=O)CC1(O)CCCCC1. The van der Waals surface area contributed by atoms with Gasteiger partial charge in [0.2, 0.25) is 0 Å². The van der Waals surface area contributed by atoms with Gasteiger partial charge in [0.25, 0.3) is 0 Å². The van der Waals surface area contributed by atoms with Crippen molar-refractivity contribution in [2.75, 3.05) is 5.75 Å². The van der Waals surface area contributed by atoms with Crippen molar-refractivity contribution in [3.8, 4) is 5.69 Å². The molecule has 2 aromatic rings. The number of aromatic nitrogens is 3. The standard InChI is InChI=1S/C17H23N3O3S/c1-14(24(22,23)13-17(21)10-6-3-7-11-17)16-12-20(19-18-16)15-8-4-2-5-9-15/h2,4-5,8-9,12,14,21H,3,6-7,10-11,13H2,1H3. The van der Waals surface area contributed by atoms with Gasteiger partial charge in [-0.05, 0) is 31.9 Å². The van der Waals surface area contributed by atoms with Crippen LogP contribution in [0.1, 0.15) is 50.0 Å². The predicted octanol–water partition coefficient (Wildman–Crippen LogP) is 2.44. The first-order valence-corrected chi connectivity index (χ1v) is 10.0. The zero-order chi connectivity index (χ0) is 17.2. The second-order valence-corrected chi connectivity index (χ2v) is 8.98. The minimum Gasteiger partial charge on any atom is -0.389 e. The normalized spacial score (nSPS) is 19.1. The van der Waals surface area contributed by atoms with Crippen molar-refractivity contribution in [2.45, 2.75) is 49.9 Å². The van der Waals surface area contributed by atoms with Crippen LogP contribution in [-0.4, -0.2) is 39.9 Å². The maximum absolute atomic E-state index is 12.7. The highest BCUT2D eigenvalue weighted by molar-refractivity contribution is 7.91. The molecule has 7 heteroatoms. The number of rotatable bonds is 5. The van der Waals surface area contributed by atoms with E-state index in [2.05, 4.69) is 10.3 Å². The molecule has 1 atom stereocenters. The molecule has 0 spiro atoms. The number of sulfone groups is 1. The van der Waals surface area contributed by atoms with Gasteiger partial charge in [0.1, 0.15) is 10.9 Å². The fraction of sp³-hybridized carbons (Fsp3) is 0.529. The van der Waals surface area contributed by atoms with E-state index in [1.54, 1.807) is 17.8 Å². The van der Waals surface area contributed by atoms with E-state index in [1.807, 2.05) is 30.3 Å². The molecule has 130 valence electrons. The predicted molar refractivity (Wildman–Crippen MR) is 91.6 cm³/mol. The molecule has 1 aromatic carbocycles. The lowest BCUT2D eigenvalue weighted by atomic mass is 9.86. The molecule has 0 aliphatic heterocycles. The molecule has 6 nitrogen and oxygen atoms in total. The van der Waals surface area contributed by atoms with Crippen LogP contribution in [0.3, 0.4) is 0 Å². The third-order valence-electron chi connectivity index (χ3n) is 4.74. The van der Waals surface area contributed by atoms with Gasteiger partial charge >= 0.3 is 0 Å². The highest BCUT2D eigenvalue weighted by atomic mass is 32.2. The Hall–Kier alpha value is -1.73. The highest BCUT2D eigenvalue weighted by Gasteiger charge is 2.38. The van der Waals surface area contributed by atoms with E-state index in [0.717, 1.165) is 24.9 Å². The summed E-state index contributed by atoms with van der Waals surface area (Å²) in [5.41, 5.74) is 0.130. The molecule has 1 heterocycles. The van der Waals surface area contributed by atoms with Gasteiger partial charge in [0.05, 0.1) is 23.2 Å². The highest BCUT2D eigenvalue weighted by Crippen LogP contribution is 2.32. The molecule has 1 fully saturated rings. The average molecular weight is 349 g/mol. The summed E-state index contributed by atoms with van der Waals surface area (Å²) in [6, 6.07) is 9.43. The molecule has 1 aliphatic carbocycles. The van der Waals surface area contributed by atoms with Gasteiger partial charge in [0.15, 0.2) is 9.84 Å². The van der Waals surface area contributed by atoms with E-state index in [0.29, 0.717) is 18.5 Å². The van der Waals surface area contributed by atoms with E-state index in [4.69, 9.17) is 0 Å². The van der Waals surface area contributed by atoms with Crippen LogP contribution in [0.5, 0.6) is 0 Å². The Kier molecular flexibility index (Phi) is 4.73. The monoisotopic (exact) mass is 349 g/mol. The number of hydrogen-bond donors (Lipinski definition) is 1. The van der Waals surface area contributed by atoms with Crippen molar-refractivity contribution in [1.82, 2.24) is 15.0 Å². The minimum absolute atomic E-state index is 0.209. The van der Waals surface area contributed by atoms with Crippen LogP contribution >= 0.6 is 0 Å². The van der Waals surface area contributed by atoms with Crippen LogP contribution in [0.4, 0.5) is 0 Å². The Balaban J connectivity index is 1.78. The van der Waals surface area contributed by atoms with Crippen molar-refractivity contribution < 1.29 is 13.5 Å². The van der Waals surface area contributed by atoms with Gasteiger partial charge in [0, 0.05) is 0 Å². The first-order chi connectivity index (χ1) is 11.4. The zero-order valence-corrected chi connectivity index (χ0v) is 14.6. The summed E-state index contributed by atoms with van der Waals surface area (Å²) in [4.78, 5) is 0. The van der Waals surface area contributed by atoms with Crippen molar-refractivity contribution in [1.29, 1.82) is 0 Å². The average Bonchev–Trinajstić information content (AvgIpc) is 3.04. The van der Waals surface area contributed by atoms with Crippen LogP contribution in [0.25, 0.3) is 5.69 Å². The molecule has 1 saturated carbocycles. The molecular weight excluding hydrogens is 326 g/mol. The third kappa shape index (κ3) is 3.67. The Bertz CT molecular complexity index is 780. The molecule has 0 saturated heterocycles. The van der Waals surface area contributed by atoms with Crippen LogP contribution in [0.2, 0.25) is 0 Å². The van der Waals surface area contributed by atoms with Crippen molar-refractivity contribution in [3.05, 3.63) is 42.2 Å². The number of aliphatic hydroxyl groups is 1. The Morgan fingerprint density at radius 2 is 1.88 bits per heavy atom. The van der Waals surface area contributed by atoms with Gasteiger partial charge in [-0.15, -0.1) is 5.10 Å². The van der Waals surface area contributed by atoms with E-state index in [1.165, 1.54) is 0 Å². The molecule has 1 aliphatic rings. The van der Waals surface area contributed by atoms with Crippen molar-refractivity contribution in [3.63, 3.8) is 0 Å². The minimum atomic E-state index is -3.51. The fourth-order valence-electron chi connectivity index (χ4n) is 3.21. The molecule has 0 radical (unpaired) electrons. The third-order valence-corrected chi connectivity index (χ3v) is 7.00. The van der Waals surface area contributed by atoms with Gasteiger partial charge in [-0.1, -0.05) is 42.7 Å². The van der Waals surface area contributed by atoms with Gasteiger partial charge in [-0.25, -0.2) is 13.1 Å². The number of para-hydroxylation sites is 1. The molecule has 3 rings (SSSR count). The summed E-state index contributed by atoms with van der Waals surface area (Å²) in [6.45, 7) is 1.61. The summed E-state index contributed by atoms with van der Waals surface area (Å²) in [7, 11) is -3.51. The second-order valence-electron chi connectivity index (χ2n) is 6.66. The fourth-order valence-corrected chi connectivity index (χ4v) is 4.97. The van der Waals surface area contributed by atoms with Crippen LogP contribution in [0.15, 0.2) is 36.5 Å². The summed E-state index contributed by atoms with van der Waals surface area (Å²) in [5.74, 6) is -0.209. The number of nitrogens with zero attached hydrogens (tertiary/aromatic N) is 3. The van der Waals surface area contributed by atoms with Crippen molar-refractivity contribution >= 4 is 9.84 Å². The molecule has 1 unspecified atom stereocenters. The topological polar surface area (TPSA) is 85.1 Å². The Morgan fingerprint density at radius 1 is 1.21 bits per heavy atom. The smallest absolute Gasteiger partial charge is 0.161 e. The lowest BCUT2D eigenvalue weighted by Gasteiger charge is -2.32. The van der Waals surface area contributed by atoms with E-state index in [-0.39, 0.29) is 5.75 Å². The first kappa shape index (κ1) is 17.1. The molecular formula is C17H23N3O3S. The summed E-state index contributed by atoms with van der Waals surface area (Å²) in [5, 5.41) is 17.8.